The van der Waals surface area contributed by atoms with Crippen molar-refractivity contribution in [2.45, 2.75) is 37.8 Å². The molecular formula is C20H21N5O2. The van der Waals surface area contributed by atoms with Crippen LogP contribution in [0.25, 0.3) is 11.0 Å². The number of anilines is 1. The predicted molar refractivity (Wildman–Crippen MR) is 103 cm³/mol. The summed E-state index contributed by atoms with van der Waals surface area (Å²) in [6, 6.07) is 11.6. The summed E-state index contributed by atoms with van der Waals surface area (Å²) in [5.41, 5.74) is 7.02. The predicted octanol–water partition coefficient (Wildman–Crippen LogP) is 2.98. The third-order valence-corrected chi connectivity index (χ3v) is 5.68. The summed E-state index contributed by atoms with van der Waals surface area (Å²) < 4.78 is 5.74. The molecule has 0 saturated heterocycles. The van der Waals surface area contributed by atoms with E-state index in [1.165, 1.54) is 0 Å². The van der Waals surface area contributed by atoms with Crippen molar-refractivity contribution in [2.24, 2.45) is 16.1 Å². The van der Waals surface area contributed by atoms with Gasteiger partial charge in [-0.15, -0.1) is 0 Å². The van der Waals surface area contributed by atoms with Crippen LogP contribution in [0.1, 0.15) is 31.4 Å². The number of aliphatic hydroxyl groups is 1. The van der Waals surface area contributed by atoms with E-state index in [0.717, 1.165) is 36.7 Å². The number of aliphatic imine (C=N–C) groups is 1. The van der Waals surface area contributed by atoms with Gasteiger partial charge in [0.1, 0.15) is 5.58 Å². The molecule has 0 bridgehead atoms. The van der Waals surface area contributed by atoms with Crippen molar-refractivity contribution in [3.63, 3.8) is 0 Å². The minimum atomic E-state index is -0.134. The summed E-state index contributed by atoms with van der Waals surface area (Å²) in [5, 5.41) is 14.2. The van der Waals surface area contributed by atoms with E-state index >= 15 is 0 Å². The van der Waals surface area contributed by atoms with Crippen LogP contribution in [0.2, 0.25) is 0 Å². The summed E-state index contributed by atoms with van der Waals surface area (Å²) in [7, 11) is 0. The van der Waals surface area contributed by atoms with Crippen molar-refractivity contribution in [1.82, 2.24) is 9.97 Å². The van der Waals surface area contributed by atoms with Gasteiger partial charge < -0.3 is 20.6 Å². The molecule has 2 saturated carbocycles. The number of fused-ring (bicyclic) bond motifs is 1. The average Bonchev–Trinajstić information content (AvgIpc) is 3.02. The first kappa shape index (κ1) is 16.3. The molecule has 3 unspecified atom stereocenters. The number of amidine groups is 1. The van der Waals surface area contributed by atoms with Gasteiger partial charge in [-0.25, -0.2) is 9.98 Å². The number of hydrogen-bond donors (Lipinski definition) is 3. The Labute approximate surface area is 156 Å². The highest BCUT2D eigenvalue weighted by molar-refractivity contribution is 5.99. The van der Waals surface area contributed by atoms with Gasteiger partial charge in [0.05, 0.1) is 6.10 Å². The van der Waals surface area contributed by atoms with Crippen molar-refractivity contribution in [3.8, 4) is 0 Å². The number of furan rings is 1. The minimum Gasteiger partial charge on any atom is -0.453 e. The van der Waals surface area contributed by atoms with Gasteiger partial charge >= 0.3 is 0 Å². The zero-order valence-electron chi connectivity index (χ0n) is 14.8. The van der Waals surface area contributed by atoms with Gasteiger partial charge in [0, 0.05) is 29.1 Å². The molecule has 0 radical (unpaired) electrons. The average molecular weight is 363 g/mol. The smallest absolute Gasteiger partial charge is 0.224 e. The molecule has 3 aromatic rings. The van der Waals surface area contributed by atoms with E-state index in [1.807, 2.05) is 30.3 Å². The van der Waals surface area contributed by atoms with Crippen LogP contribution in [0.15, 0.2) is 52.0 Å². The molecule has 27 heavy (non-hydrogen) atoms. The van der Waals surface area contributed by atoms with E-state index in [0.29, 0.717) is 17.5 Å². The minimum absolute atomic E-state index is 0.134. The van der Waals surface area contributed by atoms with Crippen LogP contribution in [0.5, 0.6) is 0 Å². The molecule has 3 atom stereocenters. The van der Waals surface area contributed by atoms with Gasteiger partial charge in [-0.05, 0) is 37.8 Å². The van der Waals surface area contributed by atoms with Crippen molar-refractivity contribution < 1.29 is 9.52 Å². The quantitative estimate of drug-likeness (QED) is 0.486. The lowest BCUT2D eigenvalue weighted by Gasteiger charge is -2.12. The van der Waals surface area contributed by atoms with Gasteiger partial charge in [0.15, 0.2) is 17.4 Å². The van der Waals surface area contributed by atoms with Crippen LogP contribution in [0.4, 0.5) is 11.8 Å². The highest BCUT2D eigenvalue weighted by Crippen LogP contribution is 2.58. The maximum Gasteiger partial charge on any atom is 0.224 e. The second kappa shape index (κ2) is 6.06. The fourth-order valence-electron chi connectivity index (χ4n) is 4.04. The number of hydrogen-bond acceptors (Lipinski definition) is 6. The van der Waals surface area contributed by atoms with Crippen molar-refractivity contribution in [3.05, 3.63) is 48.4 Å². The molecule has 0 aliphatic heterocycles. The molecule has 2 aliphatic carbocycles. The normalized spacial score (nSPS) is 27.4. The maximum atomic E-state index is 9.81. The fraction of sp³-hybridized carbons (Fsp3) is 0.350. The Morgan fingerprint density at radius 3 is 2.93 bits per heavy atom. The lowest BCUT2D eigenvalue weighted by atomic mass is 10.1. The Balaban J connectivity index is 1.33. The van der Waals surface area contributed by atoms with Crippen molar-refractivity contribution in [2.75, 3.05) is 5.32 Å². The summed E-state index contributed by atoms with van der Waals surface area (Å²) in [6.07, 6.45) is 5.50. The monoisotopic (exact) mass is 363 g/mol. The van der Waals surface area contributed by atoms with E-state index in [4.69, 9.17) is 10.2 Å². The van der Waals surface area contributed by atoms with E-state index in [1.54, 1.807) is 12.3 Å². The molecule has 7 nitrogen and oxygen atoms in total. The molecule has 138 valence electrons. The van der Waals surface area contributed by atoms with Crippen LogP contribution < -0.4 is 11.1 Å². The third kappa shape index (κ3) is 3.04. The van der Waals surface area contributed by atoms with E-state index < -0.39 is 0 Å². The molecule has 2 aliphatic rings. The molecule has 2 heterocycles. The SMILES string of the molecule is NC(=Nc1ccnc(NC2CCC3(C2)CC3O)n1)c1cc2ccccc2o1. The Morgan fingerprint density at radius 1 is 1.30 bits per heavy atom. The van der Waals surface area contributed by atoms with Gasteiger partial charge in [-0.1, -0.05) is 18.2 Å². The number of rotatable bonds is 4. The number of aliphatic hydroxyl groups excluding tert-OH is 1. The van der Waals surface area contributed by atoms with Crippen molar-refractivity contribution >= 4 is 28.6 Å². The Bertz CT molecular complexity index is 997. The van der Waals surface area contributed by atoms with Crippen LogP contribution in [-0.2, 0) is 0 Å². The van der Waals surface area contributed by atoms with Gasteiger partial charge in [-0.2, -0.15) is 4.98 Å². The van der Waals surface area contributed by atoms with E-state index in [-0.39, 0.29) is 23.4 Å². The molecule has 2 fully saturated rings. The van der Waals surface area contributed by atoms with Gasteiger partial charge in [-0.3, -0.25) is 0 Å². The number of para-hydroxylation sites is 1. The lowest BCUT2D eigenvalue weighted by Crippen LogP contribution is -2.18. The summed E-state index contributed by atoms with van der Waals surface area (Å²) in [4.78, 5) is 13.1. The van der Waals surface area contributed by atoms with Crippen LogP contribution in [-0.4, -0.2) is 33.1 Å². The second-order valence-electron chi connectivity index (χ2n) is 7.55. The number of benzene rings is 1. The zero-order chi connectivity index (χ0) is 18.4. The fourth-order valence-corrected chi connectivity index (χ4v) is 4.04. The first-order chi connectivity index (χ1) is 13.1. The summed E-state index contributed by atoms with van der Waals surface area (Å²) in [5.74, 6) is 1.80. The van der Waals surface area contributed by atoms with E-state index in [9.17, 15) is 5.11 Å². The standard InChI is InChI=1S/C20H21N5O2/c21-18(15-9-12-3-1-2-4-14(12)27-15)24-17-6-8-22-19(25-17)23-13-5-7-20(10-13)11-16(20)26/h1-4,6,8-9,13,16,26H,5,7,10-11H2,(H3,21,22,23,24,25). The third-order valence-electron chi connectivity index (χ3n) is 5.68. The number of nitrogens with one attached hydrogen (secondary N) is 1. The Kier molecular flexibility index (Phi) is 3.65. The zero-order valence-corrected chi connectivity index (χ0v) is 14.8. The molecular weight excluding hydrogens is 342 g/mol. The van der Waals surface area contributed by atoms with Crippen LogP contribution in [0.3, 0.4) is 0 Å². The Hall–Kier alpha value is -2.93. The van der Waals surface area contributed by atoms with E-state index in [2.05, 4.69) is 20.3 Å². The topological polar surface area (TPSA) is 110 Å². The van der Waals surface area contributed by atoms with Crippen molar-refractivity contribution in [1.29, 1.82) is 0 Å². The molecule has 4 N–H and O–H groups in total. The Morgan fingerprint density at radius 2 is 2.15 bits per heavy atom. The maximum absolute atomic E-state index is 9.81. The molecule has 1 spiro atoms. The first-order valence-electron chi connectivity index (χ1n) is 9.22. The summed E-state index contributed by atoms with van der Waals surface area (Å²) >= 11 is 0. The highest BCUT2D eigenvalue weighted by Gasteiger charge is 2.57. The van der Waals surface area contributed by atoms with Crippen LogP contribution in [0, 0.1) is 5.41 Å². The molecule has 1 aromatic carbocycles. The largest absolute Gasteiger partial charge is 0.453 e. The number of nitrogens with zero attached hydrogens (tertiary/aromatic N) is 3. The molecule has 7 heteroatoms. The second-order valence-corrected chi connectivity index (χ2v) is 7.55. The molecule has 2 aromatic heterocycles. The lowest BCUT2D eigenvalue weighted by molar-refractivity contribution is 0.221. The van der Waals surface area contributed by atoms with Gasteiger partial charge in [0.2, 0.25) is 5.95 Å². The summed E-state index contributed by atoms with van der Waals surface area (Å²) in [6.45, 7) is 0. The molecule has 0 amide bonds. The molecule has 5 rings (SSSR count). The number of aromatic nitrogens is 2. The number of nitrogens with two attached hydrogens (primary N) is 1. The van der Waals surface area contributed by atoms with Crippen LogP contribution >= 0.6 is 0 Å². The van der Waals surface area contributed by atoms with Gasteiger partial charge in [0.25, 0.3) is 0 Å². The first-order valence-corrected chi connectivity index (χ1v) is 9.22. The highest BCUT2D eigenvalue weighted by atomic mass is 16.3.